The van der Waals surface area contributed by atoms with Crippen molar-refractivity contribution in [3.63, 3.8) is 0 Å². The normalized spacial score (nSPS) is 13.4. The number of rotatable bonds is 9. The molecule has 0 bridgehead atoms. The van der Waals surface area contributed by atoms with Crippen LogP contribution in [-0.2, 0) is 0 Å². The molecular weight excluding hydrogens is 280 g/mol. The average molecular weight is 311 g/mol. The number of nitrogens with two attached hydrogens (primary N) is 1. The topological polar surface area (TPSA) is 29.3 Å². The van der Waals surface area contributed by atoms with Gasteiger partial charge in [-0.05, 0) is 36.8 Å². The van der Waals surface area contributed by atoms with Crippen LogP contribution < -0.4 is 5.73 Å². The van der Waals surface area contributed by atoms with Gasteiger partial charge in [0, 0.05) is 30.2 Å². The number of nitrogens with zero attached hydrogens (tertiary/aromatic N) is 1. The monoisotopic (exact) mass is 310 g/mol. The fraction of sp³-hybridized carbons (Fsp3) is 0.667. The Balaban J connectivity index is 2.65. The molecule has 2 N–H and O–H groups in total. The predicted molar refractivity (Wildman–Crippen MR) is 93.8 cm³/mol. The van der Waals surface area contributed by atoms with Crippen LogP contribution in [0.4, 0.5) is 0 Å². The maximum Gasteiger partial charge on any atom is 0.0453 e. The minimum Gasteiger partial charge on any atom is -0.324 e. The van der Waals surface area contributed by atoms with Gasteiger partial charge in [0.05, 0.1) is 0 Å². The lowest BCUT2D eigenvalue weighted by Gasteiger charge is -2.32. The van der Waals surface area contributed by atoms with E-state index in [2.05, 4.69) is 32.6 Å². The minimum absolute atomic E-state index is 0.0164. The first-order chi connectivity index (χ1) is 9.99. The number of hydrogen-bond acceptors (Lipinski definition) is 2. The first-order valence-electron chi connectivity index (χ1n) is 8.23. The summed E-state index contributed by atoms with van der Waals surface area (Å²) in [5.41, 5.74) is 7.41. The zero-order valence-electron chi connectivity index (χ0n) is 14.0. The molecule has 0 radical (unpaired) electrons. The lowest BCUT2D eigenvalue weighted by molar-refractivity contribution is 0.160. The molecule has 0 spiro atoms. The first kappa shape index (κ1) is 18.5. The van der Waals surface area contributed by atoms with Crippen molar-refractivity contribution in [3.8, 4) is 0 Å². The molecule has 1 aromatic rings. The highest BCUT2D eigenvalue weighted by Gasteiger charge is 2.18. The molecular formula is C18H31ClN2. The highest BCUT2D eigenvalue weighted by molar-refractivity contribution is 6.31. The minimum atomic E-state index is 0.0164. The molecule has 120 valence electrons. The predicted octanol–water partition coefficient (Wildman–Crippen LogP) is 4.88. The molecule has 0 aliphatic carbocycles. The van der Waals surface area contributed by atoms with Crippen LogP contribution in [0.15, 0.2) is 24.3 Å². The zero-order chi connectivity index (χ0) is 15.8. The van der Waals surface area contributed by atoms with Gasteiger partial charge in [0.25, 0.3) is 0 Å². The van der Waals surface area contributed by atoms with Gasteiger partial charge in [-0.3, -0.25) is 0 Å². The van der Waals surface area contributed by atoms with Crippen molar-refractivity contribution in [1.29, 1.82) is 0 Å². The van der Waals surface area contributed by atoms with Crippen molar-refractivity contribution < 1.29 is 0 Å². The standard InChI is InChI=1S/C18H31ClN2/c1-5-15(6-2)21(13-14(3)4)12-11-18(20)16-9-7-8-10-17(16)19/h7-10,14-15,18H,5-6,11-13,20H2,1-4H3. The van der Waals surface area contributed by atoms with Gasteiger partial charge in [0.1, 0.15) is 0 Å². The Morgan fingerprint density at radius 1 is 1.14 bits per heavy atom. The highest BCUT2D eigenvalue weighted by atomic mass is 35.5. The van der Waals surface area contributed by atoms with Gasteiger partial charge in [-0.2, -0.15) is 0 Å². The van der Waals surface area contributed by atoms with Crippen LogP contribution in [0.2, 0.25) is 5.02 Å². The van der Waals surface area contributed by atoms with Crippen molar-refractivity contribution >= 4 is 11.6 Å². The van der Waals surface area contributed by atoms with Gasteiger partial charge in [0.15, 0.2) is 0 Å². The van der Waals surface area contributed by atoms with Crippen molar-refractivity contribution in [2.45, 2.75) is 59.0 Å². The number of benzene rings is 1. The van der Waals surface area contributed by atoms with Crippen molar-refractivity contribution in [2.75, 3.05) is 13.1 Å². The number of hydrogen-bond donors (Lipinski definition) is 1. The van der Waals surface area contributed by atoms with E-state index in [9.17, 15) is 0 Å². The van der Waals surface area contributed by atoms with Gasteiger partial charge in [-0.1, -0.05) is 57.5 Å². The van der Waals surface area contributed by atoms with Crippen LogP contribution in [0.1, 0.15) is 58.6 Å². The molecule has 0 heterocycles. The molecule has 1 rings (SSSR count). The van der Waals surface area contributed by atoms with Gasteiger partial charge in [0.2, 0.25) is 0 Å². The van der Waals surface area contributed by atoms with Crippen LogP contribution >= 0.6 is 11.6 Å². The van der Waals surface area contributed by atoms with E-state index in [0.717, 1.165) is 30.1 Å². The van der Waals surface area contributed by atoms with Gasteiger partial charge in [-0.15, -0.1) is 0 Å². The summed E-state index contributed by atoms with van der Waals surface area (Å²) in [6.07, 6.45) is 3.35. The summed E-state index contributed by atoms with van der Waals surface area (Å²) in [5, 5.41) is 0.781. The summed E-state index contributed by atoms with van der Waals surface area (Å²) in [7, 11) is 0. The smallest absolute Gasteiger partial charge is 0.0453 e. The molecule has 21 heavy (non-hydrogen) atoms. The summed E-state index contributed by atoms with van der Waals surface area (Å²) < 4.78 is 0. The SMILES string of the molecule is CCC(CC)N(CCC(N)c1ccccc1Cl)CC(C)C. The molecule has 0 amide bonds. The molecule has 3 heteroatoms. The van der Waals surface area contributed by atoms with Crippen molar-refractivity contribution in [1.82, 2.24) is 4.90 Å². The second kappa shape index (κ2) is 9.45. The molecule has 0 saturated heterocycles. The Labute approximate surface area is 135 Å². The largest absolute Gasteiger partial charge is 0.324 e. The Hall–Kier alpha value is -0.570. The number of halogens is 1. The summed E-state index contributed by atoms with van der Waals surface area (Å²) in [5.74, 6) is 0.683. The highest BCUT2D eigenvalue weighted by Crippen LogP contribution is 2.24. The van der Waals surface area contributed by atoms with Crippen LogP contribution in [0.5, 0.6) is 0 Å². The van der Waals surface area contributed by atoms with Gasteiger partial charge >= 0.3 is 0 Å². The molecule has 0 aliphatic heterocycles. The van der Waals surface area contributed by atoms with E-state index in [4.69, 9.17) is 17.3 Å². The van der Waals surface area contributed by atoms with Crippen LogP contribution in [-0.4, -0.2) is 24.0 Å². The maximum atomic E-state index is 6.35. The van der Waals surface area contributed by atoms with E-state index in [-0.39, 0.29) is 6.04 Å². The van der Waals surface area contributed by atoms with Gasteiger partial charge < -0.3 is 10.6 Å². The van der Waals surface area contributed by atoms with E-state index in [1.54, 1.807) is 0 Å². The molecule has 0 saturated carbocycles. The molecule has 0 aliphatic rings. The van der Waals surface area contributed by atoms with Crippen LogP contribution in [0.25, 0.3) is 0 Å². The van der Waals surface area contributed by atoms with E-state index >= 15 is 0 Å². The van der Waals surface area contributed by atoms with Crippen LogP contribution in [0.3, 0.4) is 0 Å². The summed E-state index contributed by atoms with van der Waals surface area (Å²) in [4.78, 5) is 2.60. The second-order valence-electron chi connectivity index (χ2n) is 6.28. The fourth-order valence-corrected chi connectivity index (χ4v) is 3.21. The summed E-state index contributed by atoms with van der Waals surface area (Å²) in [6, 6.07) is 8.59. The van der Waals surface area contributed by atoms with Crippen molar-refractivity contribution in [2.24, 2.45) is 11.7 Å². The summed E-state index contributed by atoms with van der Waals surface area (Å²) >= 11 is 6.24. The first-order valence-corrected chi connectivity index (χ1v) is 8.61. The Bertz CT molecular complexity index is 402. The van der Waals surface area contributed by atoms with Crippen molar-refractivity contribution in [3.05, 3.63) is 34.9 Å². The lowest BCUT2D eigenvalue weighted by atomic mass is 10.0. The van der Waals surface area contributed by atoms with E-state index in [1.807, 2.05) is 24.3 Å². The van der Waals surface area contributed by atoms with E-state index in [1.165, 1.54) is 12.8 Å². The Morgan fingerprint density at radius 2 is 1.76 bits per heavy atom. The third kappa shape index (κ3) is 5.98. The molecule has 0 aromatic heterocycles. The molecule has 1 atom stereocenters. The van der Waals surface area contributed by atoms with Crippen LogP contribution in [0, 0.1) is 5.92 Å². The summed E-state index contributed by atoms with van der Waals surface area (Å²) in [6.45, 7) is 11.3. The fourth-order valence-electron chi connectivity index (χ4n) is 2.93. The van der Waals surface area contributed by atoms with Gasteiger partial charge in [-0.25, -0.2) is 0 Å². The molecule has 2 nitrogen and oxygen atoms in total. The third-order valence-electron chi connectivity index (χ3n) is 4.09. The third-order valence-corrected chi connectivity index (χ3v) is 4.43. The lowest BCUT2D eigenvalue weighted by Crippen LogP contribution is -2.39. The maximum absolute atomic E-state index is 6.35. The molecule has 1 unspecified atom stereocenters. The second-order valence-corrected chi connectivity index (χ2v) is 6.68. The van der Waals surface area contributed by atoms with E-state index in [0.29, 0.717) is 12.0 Å². The molecule has 0 fully saturated rings. The Morgan fingerprint density at radius 3 is 2.29 bits per heavy atom. The van der Waals surface area contributed by atoms with E-state index < -0.39 is 0 Å². The average Bonchev–Trinajstić information content (AvgIpc) is 2.45. The molecule has 1 aromatic carbocycles. The Kier molecular flexibility index (Phi) is 8.31. The zero-order valence-corrected chi connectivity index (χ0v) is 14.7. The quantitative estimate of drug-likeness (QED) is 0.704.